The molecular formula is C21H16BrNO4S. The minimum absolute atomic E-state index is 0.0719. The summed E-state index contributed by atoms with van der Waals surface area (Å²) in [5.74, 6) is -1.21. The van der Waals surface area contributed by atoms with Crippen molar-refractivity contribution in [3.63, 3.8) is 0 Å². The van der Waals surface area contributed by atoms with Crippen molar-refractivity contribution in [3.8, 4) is 11.1 Å². The Labute approximate surface area is 174 Å². The van der Waals surface area contributed by atoms with Crippen LogP contribution in [0.15, 0.2) is 64.5 Å². The third-order valence-electron chi connectivity index (χ3n) is 4.73. The molecular weight excluding hydrogens is 442 g/mol. The number of nitrogens with one attached hydrogen (secondary N) is 1. The van der Waals surface area contributed by atoms with E-state index in [1.165, 1.54) is 11.3 Å². The lowest BCUT2D eigenvalue weighted by Crippen LogP contribution is -2.34. The number of carboxylic acid groups (broad SMARTS) is 1. The number of fused-ring (bicyclic) bond motifs is 3. The first-order valence-corrected chi connectivity index (χ1v) is 10.3. The molecule has 0 saturated heterocycles. The highest BCUT2D eigenvalue weighted by molar-refractivity contribution is 9.10. The molecule has 2 aromatic carbocycles. The number of aliphatic carboxylic acids is 1. The van der Waals surface area contributed by atoms with Gasteiger partial charge in [0.15, 0.2) is 6.04 Å². The van der Waals surface area contributed by atoms with Gasteiger partial charge in [-0.15, -0.1) is 11.3 Å². The van der Waals surface area contributed by atoms with Gasteiger partial charge in [0.2, 0.25) is 0 Å². The van der Waals surface area contributed by atoms with E-state index in [2.05, 4.69) is 33.4 Å². The summed E-state index contributed by atoms with van der Waals surface area (Å²) in [6, 6.07) is 16.6. The minimum atomic E-state index is -1.15. The molecule has 1 heterocycles. The molecule has 0 aliphatic heterocycles. The number of halogens is 1. The first kappa shape index (κ1) is 18.7. The SMILES string of the molecule is O=C(NC(C(=O)O)c1cc(Br)cs1)OCC1c2ccccc2-c2ccccc21. The van der Waals surface area contributed by atoms with Crippen molar-refractivity contribution in [1.82, 2.24) is 5.32 Å². The summed E-state index contributed by atoms with van der Waals surface area (Å²) in [5.41, 5.74) is 4.49. The second kappa shape index (κ2) is 7.77. The summed E-state index contributed by atoms with van der Waals surface area (Å²) in [7, 11) is 0. The van der Waals surface area contributed by atoms with Gasteiger partial charge in [0.25, 0.3) is 0 Å². The quantitative estimate of drug-likeness (QED) is 0.553. The van der Waals surface area contributed by atoms with Crippen LogP contribution in [0.1, 0.15) is 28.0 Å². The highest BCUT2D eigenvalue weighted by Crippen LogP contribution is 2.44. The van der Waals surface area contributed by atoms with E-state index in [9.17, 15) is 14.7 Å². The molecule has 0 spiro atoms. The fraction of sp³-hybridized carbons (Fsp3) is 0.143. The first-order valence-electron chi connectivity index (χ1n) is 8.63. The van der Waals surface area contributed by atoms with Gasteiger partial charge < -0.3 is 15.2 Å². The molecule has 28 heavy (non-hydrogen) atoms. The summed E-state index contributed by atoms with van der Waals surface area (Å²) >= 11 is 4.55. The van der Waals surface area contributed by atoms with Crippen LogP contribution in [0.3, 0.4) is 0 Å². The van der Waals surface area contributed by atoms with E-state index < -0.39 is 18.1 Å². The smallest absolute Gasteiger partial charge is 0.408 e. The number of amides is 1. The Bertz CT molecular complexity index is 1000. The first-order chi connectivity index (χ1) is 13.5. The third-order valence-corrected chi connectivity index (χ3v) is 6.48. The van der Waals surface area contributed by atoms with Gasteiger partial charge in [-0.2, -0.15) is 0 Å². The molecule has 1 atom stereocenters. The number of carbonyl (C=O) groups excluding carboxylic acids is 1. The molecule has 4 rings (SSSR count). The van der Waals surface area contributed by atoms with Gasteiger partial charge in [0, 0.05) is 20.6 Å². The molecule has 0 bridgehead atoms. The minimum Gasteiger partial charge on any atom is -0.479 e. The van der Waals surface area contributed by atoms with Crippen LogP contribution in [-0.2, 0) is 9.53 Å². The van der Waals surface area contributed by atoms with E-state index in [-0.39, 0.29) is 12.5 Å². The molecule has 1 aromatic heterocycles. The van der Waals surface area contributed by atoms with Crippen molar-refractivity contribution >= 4 is 39.3 Å². The number of carboxylic acids is 1. The van der Waals surface area contributed by atoms with Crippen molar-refractivity contribution in [2.45, 2.75) is 12.0 Å². The van der Waals surface area contributed by atoms with Crippen LogP contribution in [-0.4, -0.2) is 23.8 Å². The lowest BCUT2D eigenvalue weighted by atomic mass is 9.98. The number of carbonyl (C=O) groups is 2. The van der Waals surface area contributed by atoms with E-state index >= 15 is 0 Å². The summed E-state index contributed by atoms with van der Waals surface area (Å²) in [6.07, 6.45) is -0.751. The van der Waals surface area contributed by atoms with Crippen LogP contribution in [0.5, 0.6) is 0 Å². The maximum absolute atomic E-state index is 12.3. The zero-order valence-electron chi connectivity index (χ0n) is 14.6. The van der Waals surface area contributed by atoms with Gasteiger partial charge in [0.05, 0.1) is 0 Å². The normalized spacial score (nSPS) is 13.5. The predicted molar refractivity (Wildman–Crippen MR) is 111 cm³/mol. The maximum Gasteiger partial charge on any atom is 0.408 e. The van der Waals surface area contributed by atoms with E-state index in [1.807, 2.05) is 36.4 Å². The largest absolute Gasteiger partial charge is 0.479 e. The summed E-state index contributed by atoms with van der Waals surface area (Å²) < 4.78 is 6.20. The molecule has 1 amide bonds. The maximum atomic E-state index is 12.3. The highest BCUT2D eigenvalue weighted by Gasteiger charge is 2.30. The van der Waals surface area contributed by atoms with Crippen LogP contribution in [0, 0.1) is 0 Å². The van der Waals surface area contributed by atoms with Crippen LogP contribution < -0.4 is 5.32 Å². The molecule has 2 N–H and O–H groups in total. The lowest BCUT2D eigenvalue weighted by Gasteiger charge is -2.17. The Hall–Kier alpha value is -2.64. The number of alkyl carbamates (subject to hydrolysis) is 1. The summed E-state index contributed by atoms with van der Waals surface area (Å²) in [4.78, 5) is 24.4. The number of hydrogen-bond donors (Lipinski definition) is 2. The van der Waals surface area contributed by atoms with Gasteiger partial charge in [-0.1, -0.05) is 48.5 Å². The monoisotopic (exact) mass is 457 g/mol. The van der Waals surface area contributed by atoms with Crippen LogP contribution >= 0.6 is 27.3 Å². The fourth-order valence-electron chi connectivity index (χ4n) is 3.49. The van der Waals surface area contributed by atoms with Gasteiger partial charge in [0.1, 0.15) is 6.61 Å². The zero-order valence-corrected chi connectivity index (χ0v) is 17.0. The van der Waals surface area contributed by atoms with Gasteiger partial charge in [-0.3, -0.25) is 0 Å². The number of ether oxygens (including phenoxy) is 1. The van der Waals surface area contributed by atoms with Crippen molar-refractivity contribution in [3.05, 3.63) is 80.5 Å². The zero-order chi connectivity index (χ0) is 19.7. The number of hydrogen-bond acceptors (Lipinski definition) is 4. The van der Waals surface area contributed by atoms with Gasteiger partial charge in [-0.25, -0.2) is 9.59 Å². The fourth-order valence-corrected chi connectivity index (χ4v) is 4.98. The molecule has 7 heteroatoms. The van der Waals surface area contributed by atoms with E-state index in [0.717, 1.165) is 26.7 Å². The summed E-state index contributed by atoms with van der Waals surface area (Å²) in [6.45, 7) is 0.139. The van der Waals surface area contributed by atoms with Crippen LogP contribution in [0.4, 0.5) is 4.79 Å². The Kier molecular flexibility index (Phi) is 5.19. The van der Waals surface area contributed by atoms with E-state index in [1.54, 1.807) is 11.4 Å². The number of benzene rings is 2. The van der Waals surface area contributed by atoms with Gasteiger partial charge >= 0.3 is 12.1 Å². The number of thiophene rings is 1. The van der Waals surface area contributed by atoms with Crippen molar-refractivity contribution < 1.29 is 19.4 Å². The van der Waals surface area contributed by atoms with Crippen LogP contribution in [0.2, 0.25) is 0 Å². The molecule has 142 valence electrons. The Balaban J connectivity index is 1.48. The molecule has 1 aliphatic rings. The third kappa shape index (κ3) is 3.55. The lowest BCUT2D eigenvalue weighted by molar-refractivity contribution is -0.139. The summed E-state index contributed by atoms with van der Waals surface area (Å²) in [5, 5.41) is 13.7. The average Bonchev–Trinajstić information content (AvgIpc) is 3.26. The Morgan fingerprint density at radius 2 is 1.71 bits per heavy atom. The second-order valence-corrected chi connectivity index (χ2v) is 8.27. The topological polar surface area (TPSA) is 75.6 Å². The van der Waals surface area contributed by atoms with Crippen molar-refractivity contribution in [1.29, 1.82) is 0 Å². The molecule has 0 radical (unpaired) electrons. The second-order valence-electron chi connectivity index (χ2n) is 6.41. The van der Waals surface area contributed by atoms with Gasteiger partial charge in [-0.05, 0) is 44.3 Å². The van der Waals surface area contributed by atoms with E-state index in [0.29, 0.717) is 4.88 Å². The molecule has 1 unspecified atom stereocenters. The molecule has 3 aromatic rings. The molecule has 5 nitrogen and oxygen atoms in total. The Morgan fingerprint density at radius 1 is 1.11 bits per heavy atom. The van der Waals surface area contributed by atoms with Crippen molar-refractivity contribution in [2.24, 2.45) is 0 Å². The number of rotatable bonds is 5. The molecule has 1 aliphatic carbocycles. The van der Waals surface area contributed by atoms with E-state index in [4.69, 9.17) is 4.74 Å². The predicted octanol–water partition coefficient (Wildman–Crippen LogP) is 5.18. The molecule has 0 saturated carbocycles. The van der Waals surface area contributed by atoms with Crippen molar-refractivity contribution in [2.75, 3.05) is 6.61 Å². The standard InChI is InChI=1S/C21H16BrNO4S/c22-12-9-18(28-11-12)19(20(24)25)23-21(26)27-10-17-15-7-3-1-5-13(15)14-6-2-4-8-16(14)17/h1-9,11,17,19H,10H2,(H,23,26)(H,24,25). The molecule has 0 fully saturated rings. The highest BCUT2D eigenvalue weighted by atomic mass is 79.9. The average molecular weight is 458 g/mol. The van der Waals surface area contributed by atoms with Crippen LogP contribution in [0.25, 0.3) is 11.1 Å². The Morgan fingerprint density at radius 3 is 2.25 bits per heavy atom.